The number of piperidine rings is 1. The largest absolute Gasteiger partial charge is 0.388 e. The van der Waals surface area contributed by atoms with Crippen LogP contribution in [0.15, 0.2) is 72.0 Å². The molecule has 0 aliphatic carbocycles. The molecule has 11 heteroatoms. The maximum Gasteiger partial charge on any atom is 0.264 e. The van der Waals surface area contributed by atoms with Gasteiger partial charge in [-0.15, -0.1) is 0 Å². The molecule has 0 spiro atoms. The minimum Gasteiger partial charge on any atom is -0.388 e. The Morgan fingerprint density at radius 1 is 0.951 bits per heavy atom. The number of rotatable bonds is 6. The van der Waals surface area contributed by atoms with Gasteiger partial charge in [-0.1, -0.05) is 12.1 Å². The summed E-state index contributed by atoms with van der Waals surface area (Å²) in [6.45, 7) is 3.50. The molecule has 3 aromatic heterocycles. The van der Waals surface area contributed by atoms with E-state index in [1.54, 1.807) is 16.8 Å². The molecule has 1 saturated heterocycles. The zero-order valence-electron chi connectivity index (χ0n) is 22.5. The first kappa shape index (κ1) is 25.8. The van der Waals surface area contributed by atoms with Gasteiger partial charge in [0.15, 0.2) is 5.65 Å². The number of likely N-dealkylation sites (tertiary alicyclic amines) is 1. The lowest BCUT2D eigenvalue weighted by Gasteiger charge is -2.38. The lowest BCUT2D eigenvalue weighted by Crippen LogP contribution is -2.47. The van der Waals surface area contributed by atoms with Gasteiger partial charge >= 0.3 is 0 Å². The van der Waals surface area contributed by atoms with Crippen molar-refractivity contribution >= 4 is 11.0 Å². The van der Waals surface area contributed by atoms with Crippen LogP contribution in [0.4, 0.5) is 4.39 Å². The highest BCUT2D eigenvalue weighted by molar-refractivity contribution is 5.75. The maximum atomic E-state index is 13.4. The molecule has 1 N–H and O–H groups in total. The molecule has 0 radical (unpaired) electrons. The van der Waals surface area contributed by atoms with E-state index in [1.165, 1.54) is 29.2 Å². The van der Waals surface area contributed by atoms with E-state index in [4.69, 9.17) is 4.74 Å². The van der Waals surface area contributed by atoms with Crippen LogP contribution in [0.5, 0.6) is 0 Å². The molecule has 1 fully saturated rings. The van der Waals surface area contributed by atoms with Gasteiger partial charge in [0.25, 0.3) is 5.56 Å². The SMILES string of the molecule is O=c1c2cnn(-c3ccc(-n4ncc5c4CCOC5)cc3)c2ncn1CC1(O)CCN(Cc2ccc(F)cc2)CC1. The van der Waals surface area contributed by atoms with Crippen LogP contribution in [-0.4, -0.2) is 64.4 Å². The Bertz CT molecular complexity index is 1750. The predicted molar refractivity (Wildman–Crippen MR) is 149 cm³/mol. The summed E-state index contributed by atoms with van der Waals surface area (Å²) in [5.74, 6) is -0.249. The van der Waals surface area contributed by atoms with Gasteiger partial charge in [-0.2, -0.15) is 10.2 Å². The van der Waals surface area contributed by atoms with Gasteiger partial charge in [-0.3, -0.25) is 14.3 Å². The van der Waals surface area contributed by atoms with Crippen LogP contribution in [-0.2, 0) is 30.9 Å². The smallest absolute Gasteiger partial charge is 0.264 e. The normalized spacial score (nSPS) is 17.1. The Balaban J connectivity index is 1.06. The fourth-order valence-electron chi connectivity index (χ4n) is 5.80. The first-order valence-corrected chi connectivity index (χ1v) is 13.8. The molecule has 210 valence electrons. The first-order valence-electron chi connectivity index (χ1n) is 13.8. The van der Waals surface area contributed by atoms with Crippen molar-refractivity contribution in [2.45, 2.75) is 44.6 Å². The van der Waals surface area contributed by atoms with E-state index in [0.29, 0.717) is 56.7 Å². The molecule has 41 heavy (non-hydrogen) atoms. The van der Waals surface area contributed by atoms with Gasteiger partial charge in [0.2, 0.25) is 0 Å². The molecule has 5 heterocycles. The van der Waals surface area contributed by atoms with Crippen molar-refractivity contribution in [3.05, 3.63) is 100 Å². The zero-order chi connectivity index (χ0) is 28.0. The third-order valence-corrected chi connectivity index (χ3v) is 8.16. The van der Waals surface area contributed by atoms with E-state index < -0.39 is 5.60 Å². The summed E-state index contributed by atoms with van der Waals surface area (Å²) in [6.07, 6.45) is 6.76. The summed E-state index contributed by atoms with van der Waals surface area (Å²) >= 11 is 0. The molecule has 5 aromatic rings. The lowest BCUT2D eigenvalue weighted by molar-refractivity contribution is -0.0364. The Hall–Kier alpha value is -4.19. The minimum absolute atomic E-state index is 0.165. The highest BCUT2D eigenvalue weighted by atomic mass is 19.1. The monoisotopic (exact) mass is 555 g/mol. The molecule has 0 bridgehead atoms. The van der Waals surface area contributed by atoms with Crippen molar-refractivity contribution in [2.24, 2.45) is 0 Å². The first-order chi connectivity index (χ1) is 20.0. The number of nitrogens with zero attached hydrogens (tertiary/aromatic N) is 7. The van der Waals surface area contributed by atoms with Crippen molar-refractivity contribution in [3.63, 3.8) is 0 Å². The third-order valence-electron chi connectivity index (χ3n) is 8.16. The summed E-state index contributed by atoms with van der Waals surface area (Å²) in [4.78, 5) is 20.2. The number of halogens is 1. The fourth-order valence-corrected chi connectivity index (χ4v) is 5.80. The number of aromatic nitrogens is 6. The van der Waals surface area contributed by atoms with E-state index in [2.05, 4.69) is 20.1 Å². The molecule has 0 unspecified atom stereocenters. The second kappa shape index (κ2) is 10.3. The number of aliphatic hydroxyl groups is 1. The second-order valence-corrected chi connectivity index (χ2v) is 10.9. The average molecular weight is 556 g/mol. The zero-order valence-corrected chi connectivity index (χ0v) is 22.5. The minimum atomic E-state index is -1.01. The second-order valence-electron chi connectivity index (χ2n) is 10.9. The summed E-state index contributed by atoms with van der Waals surface area (Å²) in [6, 6.07) is 14.3. The van der Waals surface area contributed by atoms with Crippen molar-refractivity contribution < 1.29 is 14.2 Å². The highest BCUT2D eigenvalue weighted by Crippen LogP contribution is 2.26. The topological polar surface area (TPSA) is 103 Å². The summed E-state index contributed by atoms with van der Waals surface area (Å²) in [7, 11) is 0. The molecule has 2 aliphatic heterocycles. The fraction of sp³-hybridized carbons (Fsp3) is 0.333. The van der Waals surface area contributed by atoms with Gasteiger partial charge < -0.3 is 9.84 Å². The van der Waals surface area contributed by atoms with Crippen LogP contribution in [0.3, 0.4) is 0 Å². The molecule has 10 nitrogen and oxygen atoms in total. The lowest BCUT2D eigenvalue weighted by atomic mass is 9.91. The molecule has 0 saturated carbocycles. The summed E-state index contributed by atoms with van der Waals surface area (Å²) < 4.78 is 23.8. The van der Waals surface area contributed by atoms with E-state index in [9.17, 15) is 14.3 Å². The Labute approximate surface area is 235 Å². The average Bonchev–Trinajstić information content (AvgIpc) is 3.62. The van der Waals surface area contributed by atoms with E-state index in [0.717, 1.165) is 34.6 Å². The number of hydrogen-bond acceptors (Lipinski definition) is 7. The van der Waals surface area contributed by atoms with E-state index in [1.807, 2.05) is 35.1 Å². The summed E-state index contributed by atoms with van der Waals surface area (Å²) in [5, 5.41) is 20.7. The Morgan fingerprint density at radius 2 is 1.66 bits per heavy atom. The molecule has 2 aliphatic rings. The van der Waals surface area contributed by atoms with Crippen molar-refractivity contribution in [1.29, 1.82) is 0 Å². The molecule has 2 aromatic carbocycles. The molecule has 0 amide bonds. The number of benzene rings is 2. The van der Waals surface area contributed by atoms with Gasteiger partial charge in [0, 0.05) is 31.6 Å². The van der Waals surface area contributed by atoms with Gasteiger partial charge in [-0.05, 0) is 54.8 Å². The van der Waals surface area contributed by atoms with Gasteiger partial charge in [-0.25, -0.2) is 18.7 Å². The van der Waals surface area contributed by atoms with Crippen LogP contribution in [0.2, 0.25) is 0 Å². The van der Waals surface area contributed by atoms with Gasteiger partial charge in [0.05, 0.1) is 54.8 Å². The molecular formula is C30H30FN7O3. The van der Waals surface area contributed by atoms with Crippen LogP contribution in [0.25, 0.3) is 22.4 Å². The maximum absolute atomic E-state index is 13.4. The highest BCUT2D eigenvalue weighted by Gasteiger charge is 2.33. The Kier molecular flexibility index (Phi) is 6.49. The van der Waals surface area contributed by atoms with Gasteiger partial charge in [0.1, 0.15) is 17.5 Å². The van der Waals surface area contributed by atoms with E-state index >= 15 is 0 Å². The van der Waals surface area contributed by atoms with Crippen LogP contribution in [0.1, 0.15) is 29.7 Å². The van der Waals surface area contributed by atoms with Crippen molar-refractivity contribution in [3.8, 4) is 11.4 Å². The van der Waals surface area contributed by atoms with Crippen molar-refractivity contribution in [2.75, 3.05) is 19.7 Å². The third kappa shape index (κ3) is 4.96. The quantitative estimate of drug-likeness (QED) is 0.344. The number of ether oxygens (including phenoxy) is 1. The molecule has 7 rings (SSSR count). The molecular weight excluding hydrogens is 525 g/mol. The van der Waals surface area contributed by atoms with Crippen LogP contribution >= 0.6 is 0 Å². The summed E-state index contributed by atoms with van der Waals surface area (Å²) in [5.41, 5.74) is 4.26. The van der Waals surface area contributed by atoms with E-state index in [-0.39, 0.29) is 17.9 Å². The number of fused-ring (bicyclic) bond motifs is 2. The van der Waals surface area contributed by atoms with Crippen LogP contribution < -0.4 is 5.56 Å². The van der Waals surface area contributed by atoms with Crippen LogP contribution in [0, 0.1) is 5.82 Å². The van der Waals surface area contributed by atoms with Crippen molar-refractivity contribution in [1.82, 2.24) is 34.0 Å². The predicted octanol–water partition coefficient (Wildman–Crippen LogP) is 3.01. The molecule has 0 atom stereocenters. The number of hydrogen-bond donors (Lipinski definition) is 1. The standard InChI is InChI=1S/C30H30FN7O3/c31-23-3-1-21(2-4-23)17-35-12-10-30(40,11-13-35)19-36-20-32-28-26(29(36)39)16-34-38(28)25-7-5-24(6-8-25)37-27-9-14-41-18-22(27)15-33-37/h1-8,15-16,20,40H,9-14,17-19H2. The Morgan fingerprint density at radius 3 is 2.41 bits per heavy atom.